The average Bonchev–Trinajstić information content (AvgIpc) is 2.80. The van der Waals surface area contributed by atoms with Gasteiger partial charge in [0.15, 0.2) is 0 Å². The van der Waals surface area contributed by atoms with E-state index in [4.69, 9.17) is 5.14 Å². The Morgan fingerprint density at radius 2 is 1.84 bits per heavy atom. The maximum atomic E-state index is 11.9. The summed E-state index contributed by atoms with van der Waals surface area (Å²) >= 11 is 0. The first kappa shape index (κ1) is 13.6. The zero-order valence-electron chi connectivity index (χ0n) is 10.2. The molecular formula is C12H15N3O3S. The van der Waals surface area contributed by atoms with Crippen molar-refractivity contribution in [1.29, 1.82) is 0 Å². The molecule has 2 rings (SSSR count). The van der Waals surface area contributed by atoms with Crippen molar-refractivity contribution in [3.63, 3.8) is 0 Å². The third-order valence-electron chi connectivity index (χ3n) is 2.77. The minimum Gasteiger partial charge on any atom is -0.326 e. The largest absolute Gasteiger partial charge is 0.326 e. The van der Waals surface area contributed by atoms with E-state index in [2.05, 4.69) is 10.0 Å². The number of hydrogen-bond acceptors (Lipinski definition) is 3. The monoisotopic (exact) mass is 281 g/mol. The van der Waals surface area contributed by atoms with Crippen molar-refractivity contribution in [1.82, 2.24) is 0 Å². The molecule has 0 heterocycles. The van der Waals surface area contributed by atoms with Gasteiger partial charge in [-0.05, 0) is 31.0 Å². The van der Waals surface area contributed by atoms with E-state index in [1.807, 2.05) is 12.2 Å². The molecule has 4 N–H and O–H groups in total. The molecule has 1 aliphatic carbocycles. The van der Waals surface area contributed by atoms with Crippen LogP contribution in [0, 0.1) is 5.92 Å². The Kier molecular flexibility index (Phi) is 3.87. The van der Waals surface area contributed by atoms with Gasteiger partial charge >= 0.3 is 0 Å². The van der Waals surface area contributed by atoms with E-state index in [-0.39, 0.29) is 11.8 Å². The van der Waals surface area contributed by atoms with Gasteiger partial charge in [-0.25, -0.2) is 5.14 Å². The number of anilines is 2. The van der Waals surface area contributed by atoms with E-state index in [9.17, 15) is 13.2 Å². The molecule has 0 unspecified atom stereocenters. The second-order valence-electron chi connectivity index (χ2n) is 4.36. The fourth-order valence-electron chi connectivity index (χ4n) is 1.90. The molecule has 6 nitrogen and oxygen atoms in total. The molecule has 0 saturated heterocycles. The van der Waals surface area contributed by atoms with E-state index in [0.29, 0.717) is 11.4 Å². The Morgan fingerprint density at radius 1 is 1.21 bits per heavy atom. The van der Waals surface area contributed by atoms with Crippen LogP contribution in [0.1, 0.15) is 12.8 Å². The first-order valence-corrected chi connectivity index (χ1v) is 7.35. The summed E-state index contributed by atoms with van der Waals surface area (Å²) in [4.78, 5) is 11.9. The van der Waals surface area contributed by atoms with E-state index in [0.717, 1.165) is 12.8 Å². The third kappa shape index (κ3) is 4.08. The zero-order valence-corrected chi connectivity index (χ0v) is 11.0. The number of rotatable bonds is 4. The van der Waals surface area contributed by atoms with Gasteiger partial charge in [0, 0.05) is 11.6 Å². The second kappa shape index (κ2) is 5.41. The number of nitrogens with two attached hydrogens (primary N) is 1. The van der Waals surface area contributed by atoms with Crippen LogP contribution in [0.3, 0.4) is 0 Å². The molecule has 19 heavy (non-hydrogen) atoms. The molecule has 0 aromatic heterocycles. The fourth-order valence-corrected chi connectivity index (χ4v) is 2.36. The lowest BCUT2D eigenvalue weighted by Crippen LogP contribution is -2.22. The summed E-state index contributed by atoms with van der Waals surface area (Å²) in [6.07, 6.45) is 5.42. The van der Waals surface area contributed by atoms with E-state index >= 15 is 0 Å². The number of hydrogen-bond donors (Lipinski definition) is 3. The Morgan fingerprint density at radius 3 is 2.47 bits per heavy atom. The molecule has 0 atom stereocenters. The van der Waals surface area contributed by atoms with Gasteiger partial charge in [-0.15, -0.1) is 0 Å². The predicted molar refractivity (Wildman–Crippen MR) is 73.7 cm³/mol. The highest BCUT2D eigenvalue weighted by molar-refractivity contribution is 7.90. The van der Waals surface area contributed by atoms with Crippen molar-refractivity contribution in [2.24, 2.45) is 11.1 Å². The SMILES string of the molecule is NS(=O)(=O)Nc1cccc(NC(=O)C2CC=CC2)c1. The third-order valence-corrected chi connectivity index (χ3v) is 3.29. The summed E-state index contributed by atoms with van der Waals surface area (Å²) in [5, 5.41) is 7.64. The number of carbonyl (C=O) groups excluding carboxylic acids is 1. The van der Waals surface area contributed by atoms with Crippen LogP contribution in [0.2, 0.25) is 0 Å². The first-order valence-electron chi connectivity index (χ1n) is 5.80. The minimum atomic E-state index is -3.81. The summed E-state index contributed by atoms with van der Waals surface area (Å²) in [5.41, 5.74) is 0.843. The maximum Gasteiger partial charge on any atom is 0.296 e. The minimum absolute atomic E-state index is 0.0464. The summed E-state index contributed by atoms with van der Waals surface area (Å²) in [7, 11) is -3.81. The van der Waals surface area contributed by atoms with Crippen LogP contribution in [0.15, 0.2) is 36.4 Å². The molecule has 1 aromatic carbocycles. The number of allylic oxidation sites excluding steroid dienone is 2. The number of carbonyl (C=O) groups is 1. The summed E-state index contributed by atoms with van der Waals surface area (Å²) < 4.78 is 24.0. The van der Waals surface area contributed by atoms with Crippen LogP contribution in [0.5, 0.6) is 0 Å². The van der Waals surface area contributed by atoms with Gasteiger partial charge in [-0.1, -0.05) is 18.2 Å². The van der Waals surface area contributed by atoms with Crippen molar-refractivity contribution < 1.29 is 13.2 Å². The highest BCUT2D eigenvalue weighted by Gasteiger charge is 2.19. The average molecular weight is 281 g/mol. The van der Waals surface area contributed by atoms with E-state index < -0.39 is 10.2 Å². The molecular weight excluding hydrogens is 266 g/mol. The molecule has 102 valence electrons. The van der Waals surface area contributed by atoms with Gasteiger partial charge < -0.3 is 5.32 Å². The van der Waals surface area contributed by atoms with Gasteiger partial charge in [0.25, 0.3) is 10.2 Å². The van der Waals surface area contributed by atoms with Crippen LogP contribution < -0.4 is 15.2 Å². The van der Waals surface area contributed by atoms with Crippen molar-refractivity contribution in [2.75, 3.05) is 10.0 Å². The van der Waals surface area contributed by atoms with Crippen molar-refractivity contribution in [3.8, 4) is 0 Å². The van der Waals surface area contributed by atoms with Crippen molar-refractivity contribution in [2.45, 2.75) is 12.8 Å². The number of amides is 1. The predicted octanol–water partition coefficient (Wildman–Crippen LogP) is 1.21. The smallest absolute Gasteiger partial charge is 0.296 e. The summed E-state index contributed by atoms with van der Waals surface area (Å²) in [5.74, 6) is -0.118. The number of benzene rings is 1. The van der Waals surface area contributed by atoms with Crippen LogP contribution in [-0.2, 0) is 15.0 Å². The molecule has 0 fully saturated rings. The second-order valence-corrected chi connectivity index (χ2v) is 5.65. The molecule has 0 bridgehead atoms. The topological polar surface area (TPSA) is 101 Å². The van der Waals surface area contributed by atoms with Gasteiger partial charge in [-0.3, -0.25) is 9.52 Å². The highest BCUT2D eigenvalue weighted by atomic mass is 32.2. The summed E-state index contributed by atoms with van der Waals surface area (Å²) in [6, 6.07) is 6.40. The normalized spacial score (nSPS) is 15.4. The standard InChI is InChI=1S/C12H15N3O3S/c13-19(17,18)15-11-7-3-6-10(8-11)14-12(16)9-4-1-2-5-9/h1-3,6-9,15H,4-5H2,(H,14,16)(H2,13,17,18). The molecule has 1 aromatic rings. The lowest BCUT2D eigenvalue weighted by Gasteiger charge is -2.11. The van der Waals surface area contributed by atoms with Gasteiger partial charge in [-0.2, -0.15) is 8.42 Å². The van der Waals surface area contributed by atoms with Crippen molar-refractivity contribution >= 4 is 27.5 Å². The summed E-state index contributed by atoms with van der Waals surface area (Å²) in [6.45, 7) is 0. The van der Waals surface area contributed by atoms with Crippen LogP contribution >= 0.6 is 0 Å². The molecule has 1 aliphatic rings. The van der Waals surface area contributed by atoms with Crippen molar-refractivity contribution in [3.05, 3.63) is 36.4 Å². The lowest BCUT2D eigenvalue weighted by molar-refractivity contribution is -0.119. The van der Waals surface area contributed by atoms with Crippen LogP contribution in [0.25, 0.3) is 0 Å². The molecule has 0 spiro atoms. The Bertz CT molecular complexity index is 602. The molecule has 1 amide bonds. The quantitative estimate of drug-likeness (QED) is 0.723. The highest BCUT2D eigenvalue weighted by Crippen LogP contribution is 2.21. The molecule has 0 aliphatic heterocycles. The number of nitrogens with one attached hydrogen (secondary N) is 2. The molecule has 7 heteroatoms. The molecule has 0 saturated carbocycles. The lowest BCUT2D eigenvalue weighted by atomic mass is 10.1. The van der Waals surface area contributed by atoms with E-state index in [1.165, 1.54) is 6.07 Å². The fraction of sp³-hybridized carbons (Fsp3) is 0.250. The van der Waals surface area contributed by atoms with Gasteiger partial charge in [0.05, 0.1) is 5.69 Å². The maximum absolute atomic E-state index is 11.9. The first-order chi connectivity index (χ1) is 8.94. The van der Waals surface area contributed by atoms with Gasteiger partial charge in [0.2, 0.25) is 5.91 Å². The van der Waals surface area contributed by atoms with E-state index in [1.54, 1.807) is 18.2 Å². The molecule has 0 radical (unpaired) electrons. The van der Waals surface area contributed by atoms with Gasteiger partial charge in [0.1, 0.15) is 0 Å². The Labute approximate surface area is 111 Å². The Balaban J connectivity index is 2.04. The van der Waals surface area contributed by atoms with Crippen LogP contribution in [-0.4, -0.2) is 14.3 Å². The zero-order chi connectivity index (χ0) is 13.9. The Hall–Kier alpha value is -1.86. The van der Waals surface area contributed by atoms with Crippen LogP contribution in [0.4, 0.5) is 11.4 Å².